The molecule has 7 rings (SSSR count). The summed E-state index contributed by atoms with van der Waals surface area (Å²) in [5.41, 5.74) is 5.82. The van der Waals surface area contributed by atoms with Crippen molar-refractivity contribution in [2.24, 2.45) is 11.8 Å². The number of aromatic hydroxyl groups is 1. The van der Waals surface area contributed by atoms with E-state index in [4.69, 9.17) is 0 Å². The quantitative estimate of drug-likeness (QED) is 0.355. The number of aldehydes is 1. The monoisotopic (exact) mass is 562 g/mol. The highest BCUT2D eigenvalue weighted by atomic mass is 16.3. The Hall–Kier alpha value is -3.77. The number of hydrogen-bond donors (Lipinski definition) is 2. The van der Waals surface area contributed by atoms with Crippen molar-refractivity contribution >= 4 is 18.0 Å². The number of piperidine rings is 1. The van der Waals surface area contributed by atoms with E-state index in [2.05, 4.69) is 22.3 Å². The summed E-state index contributed by atoms with van der Waals surface area (Å²) in [6.07, 6.45) is 7.91. The van der Waals surface area contributed by atoms with E-state index in [1.165, 1.54) is 12.8 Å². The Morgan fingerprint density at radius 3 is 2.45 bits per heavy atom. The number of Topliss-reactive ketones (excluding diaryl/α,β-unsaturated/α-hetero) is 1. The van der Waals surface area contributed by atoms with E-state index in [-0.39, 0.29) is 22.9 Å². The molecule has 1 amide bonds. The predicted molar refractivity (Wildman–Crippen MR) is 162 cm³/mol. The molecule has 6 nitrogen and oxygen atoms in total. The molecule has 0 aromatic heterocycles. The van der Waals surface area contributed by atoms with Gasteiger partial charge in [0.25, 0.3) is 5.91 Å². The maximum Gasteiger partial charge on any atom is 0.255 e. The molecule has 3 atom stereocenters. The first-order valence-electron chi connectivity index (χ1n) is 15.5. The number of nitrogens with one attached hydrogen (secondary N) is 1. The molecule has 0 spiro atoms. The van der Waals surface area contributed by atoms with Crippen molar-refractivity contribution in [3.05, 3.63) is 88.5 Å². The molecule has 4 aliphatic rings. The van der Waals surface area contributed by atoms with Gasteiger partial charge in [-0.05, 0) is 85.2 Å². The Morgan fingerprint density at radius 1 is 1.00 bits per heavy atom. The van der Waals surface area contributed by atoms with Gasteiger partial charge >= 0.3 is 0 Å². The minimum absolute atomic E-state index is 0.0868. The lowest BCUT2D eigenvalue weighted by atomic mass is 9.51. The van der Waals surface area contributed by atoms with Gasteiger partial charge in [0.2, 0.25) is 0 Å². The smallest absolute Gasteiger partial charge is 0.255 e. The predicted octanol–water partition coefficient (Wildman–Crippen LogP) is 5.49. The number of amides is 1. The fourth-order valence-corrected chi connectivity index (χ4v) is 8.09. The average Bonchev–Trinajstić information content (AvgIpc) is 3.83. The van der Waals surface area contributed by atoms with Crippen molar-refractivity contribution in [2.75, 3.05) is 19.6 Å². The van der Waals surface area contributed by atoms with Crippen molar-refractivity contribution in [1.82, 2.24) is 10.2 Å². The van der Waals surface area contributed by atoms with Crippen LogP contribution in [0.1, 0.15) is 75.9 Å². The van der Waals surface area contributed by atoms with E-state index < -0.39 is 0 Å². The van der Waals surface area contributed by atoms with Crippen LogP contribution in [0.3, 0.4) is 0 Å². The van der Waals surface area contributed by atoms with Gasteiger partial charge in [0.15, 0.2) is 0 Å². The number of fused-ring (bicyclic) bond motifs is 1. The Kier molecular flexibility index (Phi) is 6.97. The Balaban J connectivity index is 1.06. The highest BCUT2D eigenvalue weighted by molar-refractivity contribution is 5.98. The summed E-state index contributed by atoms with van der Waals surface area (Å²) >= 11 is 0. The highest BCUT2D eigenvalue weighted by Gasteiger charge is 2.57. The first-order chi connectivity index (χ1) is 20.4. The summed E-state index contributed by atoms with van der Waals surface area (Å²) in [6.45, 7) is 2.57. The van der Waals surface area contributed by atoms with Crippen LogP contribution in [0.4, 0.5) is 0 Å². The van der Waals surface area contributed by atoms with Gasteiger partial charge in [-0.15, -0.1) is 0 Å². The number of carbonyl (C=O) groups excluding carboxylic acids is 3. The second-order valence-corrected chi connectivity index (χ2v) is 12.9. The molecular formula is C36H38N2O4. The van der Waals surface area contributed by atoms with Gasteiger partial charge in [0, 0.05) is 48.5 Å². The van der Waals surface area contributed by atoms with E-state index in [0.29, 0.717) is 48.9 Å². The van der Waals surface area contributed by atoms with Gasteiger partial charge in [0.05, 0.1) is 5.56 Å². The van der Waals surface area contributed by atoms with E-state index in [0.717, 1.165) is 72.4 Å². The summed E-state index contributed by atoms with van der Waals surface area (Å²) in [5.74, 6) is 1.27. The van der Waals surface area contributed by atoms with Crippen molar-refractivity contribution in [1.29, 1.82) is 0 Å². The van der Waals surface area contributed by atoms with Gasteiger partial charge in [-0.1, -0.05) is 54.6 Å². The zero-order valence-corrected chi connectivity index (χ0v) is 24.0. The summed E-state index contributed by atoms with van der Waals surface area (Å²) in [5, 5.41) is 14.7. The second-order valence-electron chi connectivity index (χ2n) is 12.9. The van der Waals surface area contributed by atoms with Crippen LogP contribution in [0.25, 0.3) is 11.1 Å². The molecule has 2 bridgehead atoms. The number of benzene rings is 3. The molecule has 3 aromatic carbocycles. The summed E-state index contributed by atoms with van der Waals surface area (Å²) in [4.78, 5) is 39.8. The molecule has 3 aromatic rings. The average molecular weight is 563 g/mol. The molecular weight excluding hydrogens is 524 g/mol. The molecule has 1 aliphatic heterocycles. The van der Waals surface area contributed by atoms with Crippen LogP contribution in [0.5, 0.6) is 5.75 Å². The molecule has 2 saturated carbocycles. The Morgan fingerprint density at radius 2 is 1.74 bits per heavy atom. The number of nitrogens with zero attached hydrogens (tertiary/aromatic N) is 1. The SMILES string of the molecule is O=Cc1ccc(-c2ccc(CCNC(=O)c3ccc4c(c3O)C35CCN(CC6CC6)[C@H](C4)[C@@H]3CCC(=O)C5)cc2)cc1. The third kappa shape index (κ3) is 4.86. The Bertz CT molecular complexity index is 1530. The summed E-state index contributed by atoms with van der Waals surface area (Å²) in [6, 6.07) is 19.9. The topological polar surface area (TPSA) is 86.7 Å². The van der Waals surface area contributed by atoms with Crippen LogP contribution >= 0.6 is 0 Å². The second kappa shape index (κ2) is 10.8. The normalized spacial score (nSPS) is 24.9. The molecule has 1 unspecified atom stereocenters. The van der Waals surface area contributed by atoms with Gasteiger partial charge in [-0.2, -0.15) is 0 Å². The zero-order valence-electron chi connectivity index (χ0n) is 24.0. The number of ketones is 1. The lowest BCUT2D eigenvalue weighted by Crippen LogP contribution is -2.62. The van der Waals surface area contributed by atoms with Crippen LogP contribution in [-0.4, -0.2) is 53.7 Å². The van der Waals surface area contributed by atoms with Gasteiger partial charge in [-0.25, -0.2) is 0 Å². The standard InChI is InChI=1S/C36H38N2O4/c39-22-25-5-9-27(10-6-25)26-7-3-23(4-8-26)15-17-37-35(42)30-13-11-28-19-32-31-14-12-29(40)20-36(31,33(28)34(30)41)16-18-38(32)21-24-1-2-24/h3-11,13,22,24,31-32,41H,1-2,12,14-21H2,(H,37,42)/t31-,32+,36?/m0/s1. The summed E-state index contributed by atoms with van der Waals surface area (Å²) in [7, 11) is 0. The van der Waals surface area contributed by atoms with Gasteiger partial charge < -0.3 is 10.4 Å². The molecule has 42 heavy (non-hydrogen) atoms. The third-order valence-electron chi connectivity index (χ3n) is 10.4. The van der Waals surface area contributed by atoms with Crippen molar-refractivity contribution in [3.8, 4) is 16.9 Å². The molecule has 216 valence electrons. The first kappa shape index (κ1) is 27.1. The molecule has 0 radical (unpaired) electrons. The van der Waals surface area contributed by atoms with Crippen LogP contribution in [0.2, 0.25) is 0 Å². The molecule has 3 fully saturated rings. The molecule has 6 heteroatoms. The molecule has 3 aliphatic carbocycles. The Labute approximate surface area is 247 Å². The number of likely N-dealkylation sites (tertiary alicyclic amines) is 1. The van der Waals surface area contributed by atoms with Crippen molar-refractivity contribution in [2.45, 2.75) is 62.8 Å². The number of phenolic OH excluding ortho intramolecular Hbond substituents is 1. The van der Waals surface area contributed by atoms with E-state index in [1.54, 1.807) is 6.07 Å². The molecule has 2 N–H and O–H groups in total. The van der Waals surface area contributed by atoms with Crippen LogP contribution < -0.4 is 5.32 Å². The van der Waals surface area contributed by atoms with Crippen LogP contribution in [0, 0.1) is 11.8 Å². The van der Waals surface area contributed by atoms with Gasteiger partial charge in [0.1, 0.15) is 17.8 Å². The van der Waals surface area contributed by atoms with Crippen molar-refractivity contribution in [3.63, 3.8) is 0 Å². The fraction of sp³-hybridized carbons (Fsp3) is 0.417. The third-order valence-corrected chi connectivity index (χ3v) is 10.4. The van der Waals surface area contributed by atoms with Crippen molar-refractivity contribution < 1.29 is 19.5 Å². The highest BCUT2D eigenvalue weighted by Crippen LogP contribution is 2.58. The lowest BCUT2D eigenvalue weighted by molar-refractivity contribution is -0.127. The number of carbonyl (C=O) groups is 3. The van der Waals surface area contributed by atoms with Gasteiger partial charge in [-0.3, -0.25) is 19.3 Å². The van der Waals surface area contributed by atoms with E-state index in [1.807, 2.05) is 42.5 Å². The largest absolute Gasteiger partial charge is 0.507 e. The molecule has 1 saturated heterocycles. The summed E-state index contributed by atoms with van der Waals surface area (Å²) < 4.78 is 0. The number of rotatable bonds is 8. The maximum atomic E-state index is 13.3. The van der Waals surface area contributed by atoms with Crippen LogP contribution in [-0.2, 0) is 23.1 Å². The molecule has 1 heterocycles. The van der Waals surface area contributed by atoms with E-state index >= 15 is 0 Å². The van der Waals surface area contributed by atoms with Crippen LogP contribution in [0.15, 0.2) is 60.7 Å². The maximum absolute atomic E-state index is 13.3. The van der Waals surface area contributed by atoms with E-state index in [9.17, 15) is 19.5 Å². The number of hydrogen-bond acceptors (Lipinski definition) is 5. The minimum Gasteiger partial charge on any atom is -0.507 e. The minimum atomic E-state index is -0.358. The fourth-order valence-electron chi connectivity index (χ4n) is 8.09. The zero-order chi connectivity index (χ0) is 28.8. The lowest BCUT2D eigenvalue weighted by Gasteiger charge is -2.58. The number of phenols is 1. The first-order valence-corrected chi connectivity index (χ1v) is 15.5.